The van der Waals surface area contributed by atoms with Gasteiger partial charge in [-0.15, -0.1) is 0 Å². The Bertz CT molecular complexity index is 1170. The van der Waals surface area contributed by atoms with Crippen LogP contribution in [0.4, 0.5) is 0 Å². The average Bonchev–Trinajstić information content (AvgIpc) is 3.49. The number of nitrogens with one attached hydrogen (secondary N) is 3. The van der Waals surface area contributed by atoms with Gasteiger partial charge in [-0.25, -0.2) is 0 Å². The second-order valence-electron chi connectivity index (χ2n) is 12.9. The molecule has 4 atom stereocenters. The van der Waals surface area contributed by atoms with E-state index in [0.717, 1.165) is 24.0 Å². The molecule has 3 amide bonds. The van der Waals surface area contributed by atoms with Crippen molar-refractivity contribution in [3.8, 4) is 0 Å². The van der Waals surface area contributed by atoms with Gasteiger partial charge in [0.2, 0.25) is 17.7 Å². The molecule has 1 heterocycles. The third kappa shape index (κ3) is 10.4. The van der Waals surface area contributed by atoms with Crippen LogP contribution in [-0.4, -0.2) is 98.6 Å². The summed E-state index contributed by atoms with van der Waals surface area (Å²) in [7, 11) is 3.38. The second-order valence-corrected chi connectivity index (χ2v) is 12.9. The van der Waals surface area contributed by atoms with E-state index in [1.807, 2.05) is 79.1 Å². The summed E-state index contributed by atoms with van der Waals surface area (Å²) in [5, 5.41) is 9.39. The molecule has 0 spiro atoms. The first-order valence-electron chi connectivity index (χ1n) is 15.9. The molecule has 3 rings (SSSR count). The summed E-state index contributed by atoms with van der Waals surface area (Å²) in [5.74, 6) is -0.281. The molecule has 0 aromatic heterocycles. The van der Waals surface area contributed by atoms with Crippen LogP contribution in [0.15, 0.2) is 60.7 Å². The van der Waals surface area contributed by atoms with Crippen molar-refractivity contribution in [1.82, 2.24) is 25.8 Å². The molecular weight excluding hydrogens is 554 g/mol. The number of carbonyl (C=O) groups excluding carboxylic acids is 3. The summed E-state index contributed by atoms with van der Waals surface area (Å²) >= 11 is 0. The molecule has 9 nitrogen and oxygen atoms in total. The van der Waals surface area contributed by atoms with Gasteiger partial charge in [0.1, 0.15) is 6.04 Å². The highest BCUT2D eigenvalue weighted by atomic mass is 16.5. The SMILES string of the molecule is CN[C@@H](C)C(=O)N[C@H](C(=O)N1CCC[C@H]1CN(CCc1ccccc1)C(=O)[C@@H](Cc1ccccc1)NCCOC)C(C)(C)C. The van der Waals surface area contributed by atoms with E-state index in [1.165, 1.54) is 0 Å². The number of nitrogens with zero attached hydrogens (tertiary/aromatic N) is 2. The molecule has 1 fully saturated rings. The van der Waals surface area contributed by atoms with Crippen LogP contribution in [0.2, 0.25) is 0 Å². The Hall–Kier alpha value is -3.27. The van der Waals surface area contributed by atoms with Gasteiger partial charge < -0.3 is 30.5 Å². The molecule has 0 saturated carbocycles. The predicted octanol–water partition coefficient (Wildman–Crippen LogP) is 3.03. The van der Waals surface area contributed by atoms with Crippen molar-refractivity contribution in [3.63, 3.8) is 0 Å². The lowest BCUT2D eigenvalue weighted by Gasteiger charge is -2.38. The van der Waals surface area contributed by atoms with Gasteiger partial charge in [-0.1, -0.05) is 81.4 Å². The van der Waals surface area contributed by atoms with Crippen LogP contribution in [0.25, 0.3) is 0 Å². The number of carbonyl (C=O) groups is 3. The van der Waals surface area contributed by atoms with E-state index in [4.69, 9.17) is 4.74 Å². The second kappa shape index (κ2) is 17.3. The summed E-state index contributed by atoms with van der Waals surface area (Å²) in [6.45, 7) is 10.3. The zero-order valence-corrected chi connectivity index (χ0v) is 27.5. The van der Waals surface area contributed by atoms with Crippen LogP contribution in [0.1, 0.15) is 51.7 Å². The Labute approximate surface area is 264 Å². The van der Waals surface area contributed by atoms with Gasteiger partial charge in [0, 0.05) is 39.3 Å². The number of likely N-dealkylation sites (N-methyl/N-ethyl adjacent to an activating group) is 1. The molecule has 1 aliphatic rings. The van der Waals surface area contributed by atoms with Crippen molar-refractivity contribution in [2.24, 2.45) is 5.41 Å². The molecule has 0 aliphatic carbocycles. The lowest BCUT2D eigenvalue weighted by atomic mass is 9.85. The third-order valence-electron chi connectivity index (χ3n) is 8.42. The van der Waals surface area contributed by atoms with Gasteiger partial charge in [0.15, 0.2) is 0 Å². The van der Waals surface area contributed by atoms with E-state index < -0.39 is 23.5 Å². The van der Waals surface area contributed by atoms with E-state index >= 15 is 0 Å². The minimum absolute atomic E-state index is 0.0173. The van der Waals surface area contributed by atoms with Crippen LogP contribution in [0.3, 0.4) is 0 Å². The Morgan fingerprint density at radius 3 is 2.25 bits per heavy atom. The maximum atomic E-state index is 14.3. The van der Waals surface area contributed by atoms with E-state index in [9.17, 15) is 14.4 Å². The van der Waals surface area contributed by atoms with E-state index in [-0.39, 0.29) is 23.8 Å². The van der Waals surface area contributed by atoms with Crippen LogP contribution < -0.4 is 16.0 Å². The zero-order chi connectivity index (χ0) is 32.1. The minimum atomic E-state index is -0.679. The predicted molar refractivity (Wildman–Crippen MR) is 175 cm³/mol. The van der Waals surface area contributed by atoms with Gasteiger partial charge in [-0.05, 0) is 56.2 Å². The van der Waals surface area contributed by atoms with Crippen LogP contribution in [0.5, 0.6) is 0 Å². The van der Waals surface area contributed by atoms with Crippen molar-refractivity contribution in [1.29, 1.82) is 0 Å². The van der Waals surface area contributed by atoms with Crippen LogP contribution >= 0.6 is 0 Å². The highest BCUT2D eigenvalue weighted by Crippen LogP contribution is 2.27. The highest BCUT2D eigenvalue weighted by Gasteiger charge is 2.41. The monoisotopic (exact) mass is 607 g/mol. The van der Waals surface area contributed by atoms with Crippen molar-refractivity contribution in [2.45, 2.75) is 77.5 Å². The summed E-state index contributed by atoms with van der Waals surface area (Å²) in [5.41, 5.74) is 1.75. The Kier molecular flexibility index (Phi) is 13.8. The number of benzene rings is 2. The molecule has 2 aromatic carbocycles. The first-order chi connectivity index (χ1) is 21.0. The fourth-order valence-electron chi connectivity index (χ4n) is 5.64. The number of ether oxygens (including phenoxy) is 1. The first-order valence-corrected chi connectivity index (χ1v) is 15.9. The van der Waals surface area contributed by atoms with E-state index in [0.29, 0.717) is 45.6 Å². The number of hydrogen-bond donors (Lipinski definition) is 3. The molecule has 1 saturated heterocycles. The van der Waals surface area contributed by atoms with Gasteiger partial charge in [-0.3, -0.25) is 14.4 Å². The van der Waals surface area contributed by atoms with E-state index in [1.54, 1.807) is 21.1 Å². The molecule has 0 bridgehead atoms. The molecular formula is C35H53N5O4. The first kappa shape index (κ1) is 35.2. The fourth-order valence-corrected chi connectivity index (χ4v) is 5.64. The third-order valence-corrected chi connectivity index (χ3v) is 8.42. The van der Waals surface area contributed by atoms with Crippen molar-refractivity contribution in [2.75, 3.05) is 46.9 Å². The Balaban J connectivity index is 1.85. The van der Waals surface area contributed by atoms with Gasteiger partial charge in [0.25, 0.3) is 0 Å². The highest BCUT2D eigenvalue weighted by molar-refractivity contribution is 5.90. The number of likely N-dealkylation sites (tertiary alicyclic amines) is 1. The Morgan fingerprint density at radius 1 is 1.02 bits per heavy atom. The van der Waals surface area contributed by atoms with Gasteiger partial charge >= 0.3 is 0 Å². The maximum absolute atomic E-state index is 14.3. The molecule has 3 N–H and O–H groups in total. The number of methoxy groups -OCH3 is 1. The fraction of sp³-hybridized carbons (Fsp3) is 0.571. The van der Waals surface area contributed by atoms with Crippen LogP contribution in [-0.2, 0) is 32.0 Å². The summed E-state index contributed by atoms with van der Waals surface area (Å²) in [4.78, 5) is 45.1. The smallest absolute Gasteiger partial charge is 0.246 e. The molecule has 9 heteroatoms. The minimum Gasteiger partial charge on any atom is -0.383 e. The van der Waals surface area contributed by atoms with Crippen molar-refractivity contribution in [3.05, 3.63) is 71.8 Å². The molecule has 44 heavy (non-hydrogen) atoms. The van der Waals surface area contributed by atoms with Crippen molar-refractivity contribution < 1.29 is 19.1 Å². The van der Waals surface area contributed by atoms with E-state index in [2.05, 4.69) is 28.1 Å². The molecule has 2 aromatic rings. The topological polar surface area (TPSA) is 103 Å². The molecule has 0 radical (unpaired) electrons. The maximum Gasteiger partial charge on any atom is 0.246 e. The quantitative estimate of drug-likeness (QED) is 0.254. The van der Waals surface area contributed by atoms with Crippen molar-refractivity contribution >= 4 is 17.7 Å². The lowest BCUT2D eigenvalue weighted by Crippen LogP contribution is -2.59. The summed E-state index contributed by atoms with van der Waals surface area (Å²) < 4.78 is 5.27. The number of hydrogen-bond acceptors (Lipinski definition) is 6. The van der Waals surface area contributed by atoms with Gasteiger partial charge in [0.05, 0.1) is 18.7 Å². The zero-order valence-electron chi connectivity index (χ0n) is 27.5. The molecule has 0 unspecified atom stereocenters. The van der Waals surface area contributed by atoms with Crippen LogP contribution in [0, 0.1) is 5.41 Å². The molecule has 242 valence electrons. The summed E-state index contributed by atoms with van der Waals surface area (Å²) in [6, 6.07) is 18.5. The normalized spacial score (nSPS) is 17.1. The average molecular weight is 608 g/mol. The Morgan fingerprint density at radius 2 is 1.66 bits per heavy atom. The largest absolute Gasteiger partial charge is 0.383 e. The number of amides is 3. The van der Waals surface area contributed by atoms with Gasteiger partial charge in [-0.2, -0.15) is 0 Å². The number of rotatable bonds is 16. The molecule has 1 aliphatic heterocycles. The lowest BCUT2D eigenvalue weighted by molar-refractivity contribution is -0.142. The summed E-state index contributed by atoms with van der Waals surface area (Å²) in [6.07, 6.45) is 2.93. The standard InChI is InChI=1S/C35H53N5O4/c1-26(36-5)32(41)38-31(35(2,3)4)34(43)40-21-13-18-29(40)25-39(22-19-27-14-9-7-10-15-27)33(42)30(37-20-23-44-6)24-28-16-11-8-12-17-28/h7-12,14-17,26,29-31,36-37H,13,18-25H2,1-6H3,(H,38,41)/t26-,29-,30+,31+/m0/s1.